The van der Waals surface area contributed by atoms with E-state index in [0.717, 1.165) is 6.42 Å². The number of aliphatic hydroxyl groups excluding tert-OH is 3. The van der Waals surface area contributed by atoms with E-state index < -0.39 is 24.3 Å². The van der Waals surface area contributed by atoms with E-state index in [0.29, 0.717) is 19.3 Å². The molecule has 0 rings (SSSR count). The number of carboxylic acid groups (broad SMARTS) is 1. The zero-order valence-corrected chi connectivity index (χ0v) is 15.9. The van der Waals surface area contributed by atoms with Crippen LogP contribution in [0.5, 0.6) is 0 Å². The maximum Gasteiger partial charge on any atom is 0.303 e. The zero-order chi connectivity index (χ0) is 20.3. The van der Waals surface area contributed by atoms with E-state index in [4.69, 9.17) is 5.11 Å². The SMILES string of the molecule is CC/C=C\CC(O)C(O)/C=C/C=C/C=C\C=C\C(O)C/C=C\CCC(=O)O. The monoisotopic (exact) mass is 376 g/mol. The molecule has 0 fully saturated rings. The Morgan fingerprint density at radius 2 is 1.41 bits per heavy atom. The Labute approximate surface area is 162 Å². The fraction of sp³-hybridized carbons (Fsp3) is 0.409. The molecule has 0 aliphatic rings. The first-order chi connectivity index (χ1) is 13.0. The lowest BCUT2D eigenvalue weighted by atomic mass is 10.1. The third kappa shape index (κ3) is 17.0. The predicted molar refractivity (Wildman–Crippen MR) is 109 cm³/mol. The Balaban J connectivity index is 4.03. The largest absolute Gasteiger partial charge is 0.481 e. The van der Waals surface area contributed by atoms with E-state index in [1.807, 2.05) is 19.1 Å². The molecule has 0 aliphatic heterocycles. The number of hydrogen-bond acceptors (Lipinski definition) is 4. The molecule has 0 radical (unpaired) electrons. The van der Waals surface area contributed by atoms with E-state index >= 15 is 0 Å². The molecule has 0 saturated carbocycles. The minimum absolute atomic E-state index is 0.0951. The number of carbonyl (C=O) groups is 1. The highest BCUT2D eigenvalue weighted by Gasteiger charge is 2.10. The van der Waals surface area contributed by atoms with Crippen LogP contribution in [0, 0.1) is 0 Å². The summed E-state index contributed by atoms with van der Waals surface area (Å²) < 4.78 is 0. The van der Waals surface area contributed by atoms with Crippen LogP contribution in [0.4, 0.5) is 0 Å². The normalized spacial score (nSPS) is 16.6. The van der Waals surface area contributed by atoms with Gasteiger partial charge >= 0.3 is 5.97 Å². The van der Waals surface area contributed by atoms with Gasteiger partial charge in [-0.3, -0.25) is 4.79 Å². The fourth-order valence-electron chi connectivity index (χ4n) is 1.94. The first-order valence-electron chi connectivity index (χ1n) is 9.21. The molecule has 150 valence electrons. The van der Waals surface area contributed by atoms with Crippen molar-refractivity contribution < 1.29 is 25.2 Å². The first-order valence-corrected chi connectivity index (χ1v) is 9.21. The number of hydrogen-bond donors (Lipinski definition) is 4. The molecule has 0 heterocycles. The second-order valence-electron chi connectivity index (χ2n) is 5.92. The first kappa shape index (κ1) is 24.8. The smallest absolute Gasteiger partial charge is 0.303 e. The molecule has 0 amide bonds. The molecule has 5 heteroatoms. The van der Waals surface area contributed by atoms with Gasteiger partial charge in [-0.05, 0) is 25.7 Å². The molecule has 0 aromatic rings. The van der Waals surface area contributed by atoms with Crippen molar-refractivity contribution in [1.29, 1.82) is 0 Å². The molecule has 0 saturated heterocycles. The van der Waals surface area contributed by atoms with Gasteiger partial charge < -0.3 is 20.4 Å². The van der Waals surface area contributed by atoms with Crippen molar-refractivity contribution in [2.24, 2.45) is 0 Å². The highest BCUT2D eigenvalue weighted by Crippen LogP contribution is 2.03. The van der Waals surface area contributed by atoms with Gasteiger partial charge in [-0.1, -0.05) is 79.8 Å². The van der Waals surface area contributed by atoms with Gasteiger partial charge in [0.15, 0.2) is 0 Å². The molecule has 0 aromatic carbocycles. The minimum atomic E-state index is -0.904. The number of aliphatic carboxylic acids is 1. The Hall–Kier alpha value is -2.21. The van der Waals surface area contributed by atoms with Crippen molar-refractivity contribution in [3.63, 3.8) is 0 Å². The maximum absolute atomic E-state index is 10.3. The van der Waals surface area contributed by atoms with Crippen LogP contribution in [0.1, 0.15) is 39.0 Å². The summed E-state index contributed by atoms with van der Waals surface area (Å²) in [6.45, 7) is 2.01. The van der Waals surface area contributed by atoms with Crippen LogP contribution < -0.4 is 0 Å². The standard InChI is InChI=1S/C22H32O5/c1-2-3-9-16-20(24)21(25)17-12-7-5-4-6-10-14-19(23)15-11-8-13-18-22(26)27/h3-12,14,17,19-21,23-25H,2,13,15-16,18H2,1H3,(H,26,27)/b6-4-,7-5+,9-3-,11-8-,14-10+,17-12+. The number of aliphatic hydroxyl groups is 3. The zero-order valence-electron chi connectivity index (χ0n) is 15.9. The van der Waals surface area contributed by atoms with Crippen LogP contribution >= 0.6 is 0 Å². The molecule has 4 N–H and O–H groups in total. The highest BCUT2D eigenvalue weighted by atomic mass is 16.4. The summed E-state index contributed by atoms with van der Waals surface area (Å²) in [5.74, 6) is -0.831. The van der Waals surface area contributed by atoms with Crippen LogP contribution in [0.25, 0.3) is 0 Å². The van der Waals surface area contributed by atoms with Crippen molar-refractivity contribution in [2.75, 3.05) is 0 Å². The van der Waals surface area contributed by atoms with Crippen LogP contribution in [0.3, 0.4) is 0 Å². The molecule has 5 nitrogen and oxygen atoms in total. The van der Waals surface area contributed by atoms with Gasteiger partial charge in [0.05, 0.1) is 18.3 Å². The molecule has 27 heavy (non-hydrogen) atoms. The molecular weight excluding hydrogens is 344 g/mol. The average molecular weight is 376 g/mol. The predicted octanol–water partition coefficient (Wildman–Crippen LogP) is 3.46. The summed E-state index contributed by atoms with van der Waals surface area (Å²) in [5.41, 5.74) is 0. The summed E-state index contributed by atoms with van der Waals surface area (Å²) >= 11 is 0. The maximum atomic E-state index is 10.3. The lowest BCUT2D eigenvalue weighted by Gasteiger charge is -2.11. The lowest BCUT2D eigenvalue weighted by Crippen LogP contribution is -2.22. The van der Waals surface area contributed by atoms with E-state index in [-0.39, 0.29) is 6.42 Å². The van der Waals surface area contributed by atoms with Gasteiger partial charge in [0.2, 0.25) is 0 Å². The Morgan fingerprint density at radius 1 is 0.815 bits per heavy atom. The van der Waals surface area contributed by atoms with Crippen LogP contribution in [-0.2, 0) is 4.79 Å². The molecule has 3 unspecified atom stereocenters. The van der Waals surface area contributed by atoms with Gasteiger partial charge in [0.25, 0.3) is 0 Å². The molecule has 0 spiro atoms. The summed E-state index contributed by atoms with van der Waals surface area (Å²) in [6.07, 6.45) is 21.0. The molecular formula is C22H32O5. The second kappa shape index (κ2) is 17.2. The Bertz CT molecular complexity index is 555. The van der Waals surface area contributed by atoms with Gasteiger partial charge in [-0.15, -0.1) is 0 Å². The summed E-state index contributed by atoms with van der Waals surface area (Å²) in [7, 11) is 0. The van der Waals surface area contributed by atoms with Crippen LogP contribution in [-0.4, -0.2) is 44.7 Å². The van der Waals surface area contributed by atoms with Gasteiger partial charge in [0.1, 0.15) is 0 Å². The van der Waals surface area contributed by atoms with Crippen molar-refractivity contribution in [3.8, 4) is 0 Å². The molecule has 0 aliphatic carbocycles. The van der Waals surface area contributed by atoms with Crippen molar-refractivity contribution in [1.82, 2.24) is 0 Å². The summed E-state index contributed by atoms with van der Waals surface area (Å²) in [4.78, 5) is 10.3. The fourth-order valence-corrected chi connectivity index (χ4v) is 1.94. The summed E-state index contributed by atoms with van der Waals surface area (Å²) in [5, 5.41) is 37.7. The number of carboxylic acids is 1. The van der Waals surface area contributed by atoms with E-state index in [2.05, 4.69) is 0 Å². The van der Waals surface area contributed by atoms with Crippen LogP contribution in [0.15, 0.2) is 72.9 Å². The van der Waals surface area contributed by atoms with E-state index in [1.54, 1.807) is 54.7 Å². The average Bonchev–Trinajstić information content (AvgIpc) is 2.63. The van der Waals surface area contributed by atoms with Crippen molar-refractivity contribution in [2.45, 2.75) is 57.3 Å². The molecule has 0 bridgehead atoms. The second-order valence-corrected chi connectivity index (χ2v) is 5.92. The van der Waals surface area contributed by atoms with Gasteiger partial charge in [0, 0.05) is 6.42 Å². The Kier molecular flexibility index (Phi) is 15.8. The highest BCUT2D eigenvalue weighted by molar-refractivity contribution is 5.66. The number of allylic oxidation sites excluding steroid dienone is 8. The topological polar surface area (TPSA) is 98.0 Å². The van der Waals surface area contributed by atoms with Crippen molar-refractivity contribution >= 4 is 5.97 Å². The lowest BCUT2D eigenvalue weighted by molar-refractivity contribution is -0.136. The third-order valence-electron chi connectivity index (χ3n) is 3.44. The van der Waals surface area contributed by atoms with Gasteiger partial charge in [-0.2, -0.15) is 0 Å². The minimum Gasteiger partial charge on any atom is -0.481 e. The van der Waals surface area contributed by atoms with E-state index in [1.165, 1.54) is 6.08 Å². The van der Waals surface area contributed by atoms with Crippen LogP contribution in [0.2, 0.25) is 0 Å². The Morgan fingerprint density at radius 3 is 2.04 bits per heavy atom. The summed E-state index contributed by atoms with van der Waals surface area (Å²) in [6, 6.07) is 0. The quantitative estimate of drug-likeness (QED) is 0.275. The number of rotatable bonds is 14. The van der Waals surface area contributed by atoms with E-state index in [9.17, 15) is 20.1 Å². The van der Waals surface area contributed by atoms with Gasteiger partial charge in [-0.25, -0.2) is 0 Å². The van der Waals surface area contributed by atoms with Crippen molar-refractivity contribution in [3.05, 3.63) is 72.9 Å². The molecule has 3 atom stereocenters. The molecule has 0 aromatic heterocycles. The third-order valence-corrected chi connectivity index (χ3v) is 3.44.